The molecule has 0 saturated heterocycles. The fraction of sp³-hybridized carbons (Fsp3) is 0.391. The Labute approximate surface area is 195 Å². The maximum atomic E-state index is 12.6. The Balaban J connectivity index is 1.37. The second-order valence-electron chi connectivity index (χ2n) is 7.84. The lowest BCUT2D eigenvalue weighted by Gasteiger charge is -2.14. The van der Waals surface area contributed by atoms with E-state index >= 15 is 0 Å². The van der Waals surface area contributed by atoms with E-state index in [0.29, 0.717) is 21.5 Å². The number of benzene rings is 1. The second kappa shape index (κ2) is 9.76. The summed E-state index contributed by atoms with van der Waals surface area (Å²) >= 11 is 2.85. The fourth-order valence-electron chi connectivity index (χ4n) is 3.74. The lowest BCUT2D eigenvalue weighted by atomic mass is 9.96. The highest BCUT2D eigenvalue weighted by Gasteiger charge is 2.22. The molecule has 0 radical (unpaired) electrons. The number of carbonyl (C=O) groups is 1. The van der Waals surface area contributed by atoms with E-state index < -0.39 is 0 Å². The normalized spacial score (nSPS) is 13.8. The summed E-state index contributed by atoms with van der Waals surface area (Å²) in [7, 11) is 1.87. The second-order valence-corrected chi connectivity index (χ2v) is 9.88. The van der Waals surface area contributed by atoms with E-state index in [-0.39, 0.29) is 17.8 Å². The molecular formula is C23H25N5O2S2. The summed E-state index contributed by atoms with van der Waals surface area (Å²) in [5.74, 6) is 1.49. The van der Waals surface area contributed by atoms with E-state index in [4.69, 9.17) is 4.74 Å². The molecule has 0 bridgehead atoms. The molecule has 32 heavy (non-hydrogen) atoms. The summed E-state index contributed by atoms with van der Waals surface area (Å²) in [6.07, 6.45) is 3.87. The number of hydrogen-bond donors (Lipinski definition) is 1. The van der Waals surface area contributed by atoms with Gasteiger partial charge >= 0.3 is 0 Å². The third kappa shape index (κ3) is 4.81. The zero-order valence-corrected chi connectivity index (χ0v) is 20.0. The van der Waals surface area contributed by atoms with Crippen LogP contribution in [0.4, 0.5) is 5.00 Å². The van der Waals surface area contributed by atoms with Crippen molar-refractivity contribution in [2.75, 3.05) is 11.1 Å². The molecule has 1 unspecified atom stereocenters. The van der Waals surface area contributed by atoms with E-state index in [9.17, 15) is 10.1 Å². The molecule has 7 nitrogen and oxygen atoms in total. The minimum Gasteiger partial charge on any atom is -0.483 e. The number of nitriles is 1. The number of nitrogens with zero attached hydrogens (tertiary/aromatic N) is 4. The van der Waals surface area contributed by atoms with Crippen LogP contribution < -0.4 is 10.1 Å². The van der Waals surface area contributed by atoms with Crippen LogP contribution in [0.25, 0.3) is 0 Å². The first-order valence-electron chi connectivity index (χ1n) is 10.6. The van der Waals surface area contributed by atoms with Gasteiger partial charge in [0.25, 0.3) is 0 Å². The molecule has 1 aliphatic rings. The van der Waals surface area contributed by atoms with E-state index in [1.165, 1.54) is 33.5 Å². The van der Waals surface area contributed by atoms with Crippen LogP contribution in [0.1, 0.15) is 53.3 Å². The van der Waals surface area contributed by atoms with Crippen LogP contribution >= 0.6 is 23.1 Å². The lowest BCUT2D eigenvalue weighted by Crippen LogP contribution is -2.15. The Morgan fingerprint density at radius 2 is 2.06 bits per heavy atom. The molecule has 0 saturated carbocycles. The Bertz CT molecular complexity index is 1160. The molecule has 3 aromatic rings. The van der Waals surface area contributed by atoms with Crippen molar-refractivity contribution in [1.29, 1.82) is 5.26 Å². The van der Waals surface area contributed by atoms with Gasteiger partial charge < -0.3 is 14.6 Å². The van der Waals surface area contributed by atoms with Crippen LogP contribution in [-0.4, -0.2) is 26.4 Å². The average molecular weight is 468 g/mol. The highest BCUT2D eigenvalue weighted by atomic mass is 32.2. The number of fused-ring (bicyclic) bond motifs is 1. The average Bonchev–Trinajstić information content (AvgIpc) is 3.33. The summed E-state index contributed by atoms with van der Waals surface area (Å²) in [5, 5.41) is 22.3. The fourth-order valence-corrected chi connectivity index (χ4v) is 5.72. The van der Waals surface area contributed by atoms with Crippen molar-refractivity contribution < 1.29 is 9.53 Å². The van der Waals surface area contributed by atoms with Crippen LogP contribution in [-0.2, 0) is 24.7 Å². The predicted molar refractivity (Wildman–Crippen MR) is 126 cm³/mol. The molecule has 0 aliphatic heterocycles. The molecule has 1 atom stereocenters. The molecule has 1 N–H and O–H groups in total. The first kappa shape index (κ1) is 22.4. The number of thiophene rings is 1. The first-order valence-corrected chi connectivity index (χ1v) is 12.4. The van der Waals surface area contributed by atoms with E-state index in [2.05, 4.69) is 21.6 Å². The number of carbonyl (C=O) groups excluding carboxylic acids is 1. The number of amides is 1. The van der Waals surface area contributed by atoms with Crippen molar-refractivity contribution in [3.8, 4) is 11.8 Å². The van der Waals surface area contributed by atoms with Crippen LogP contribution in [0, 0.1) is 18.3 Å². The van der Waals surface area contributed by atoms with Crippen molar-refractivity contribution in [2.45, 2.75) is 50.8 Å². The van der Waals surface area contributed by atoms with Crippen molar-refractivity contribution in [3.63, 3.8) is 0 Å². The summed E-state index contributed by atoms with van der Waals surface area (Å²) in [5.41, 5.74) is 2.92. The molecule has 166 valence electrons. The van der Waals surface area contributed by atoms with Crippen molar-refractivity contribution in [3.05, 3.63) is 51.7 Å². The summed E-state index contributed by atoms with van der Waals surface area (Å²) < 4.78 is 7.83. The first-order chi connectivity index (χ1) is 15.5. The third-order valence-electron chi connectivity index (χ3n) is 5.43. The highest BCUT2D eigenvalue weighted by Crippen LogP contribution is 2.37. The molecule has 2 aromatic heterocycles. The third-order valence-corrected chi connectivity index (χ3v) is 7.66. The van der Waals surface area contributed by atoms with Crippen LogP contribution in [0.15, 0.2) is 29.4 Å². The largest absolute Gasteiger partial charge is 0.483 e. The predicted octanol–water partition coefficient (Wildman–Crippen LogP) is 4.81. The molecular weight excluding hydrogens is 442 g/mol. The van der Waals surface area contributed by atoms with Gasteiger partial charge in [-0.15, -0.1) is 21.5 Å². The number of hydrogen-bond acceptors (Lipinski definition) is 7. The standard InChI is InChI=1S/C23H25N5O2S2/c1-14-8-10-16(11-9-14)30-15(2)21-26-27-23(28(21)3)31-13-20(29)25-22-18(12-24)17-6-4-5-7-19(17)32-22/h8-11,15H,4-7,13H2,1-3H3,(H,25,29). The molecule has 0 spiro atoms. The van der Waals surface area contributed by atoms with Crippen molar-refractivity contribution in [2.24, 2.45) is 7.05 Å². The Morgan fingerprint density at radius 3 is 2.81 bits per heavy atom. The maximum absolute atomic E-state index is 12.6. The molecule has 4 rings (SSSR count). The molecule has 1 aromatic carbocycles. The Hall–Kier alpha value is -2.83. The van der Waals surface area contributed by atoms with Gasteiger partial charge in [-0.05, 0) is 57.2 Å². The highest BCUT2D eigenvalue weighted by molar-refractivity contribution is 7.99. The summed E-state index contributed by atoms with van der Waals surface area (Å²) in [6, 6.07) is 10.1. The zero-order chi connectivity index (χ0) is 22.7. The van der Waals surface area contributed by atoms with Crippen molar-refractivity contribution >= 4 is 34.0 Å². The molecule has 2 heterocycles. The monoisotopic (exact) mass is 467 g/mol. The SMILES string of the molecule is Cc1ccc(OC(C)c2nnc(SCC(=O)Nc3sc4c(c3C#N)CCCC4)n2C)cc1. The maximum Gasteiger partial charge on any atom is 0.235 e. The Morgan fingerprint density at radius 1 is 1.31 bits per heavy atom. The number of aromatic nitrogens is 3. The molecule has 0 fully saturated rings. The quantitative estimate of drug-likeness (QED) is 0.502. The van der Waals surface area contributed by atoms with Gasteiger partial charge in [0.2, 0.25) is 5.91 Å². The van der Waals surface area contributed by atoms with E-state index in [1.807, 2.05) is 49.7 Å². The topological polar surface area (TPSA) is 92.8 Å². The van der Waals surface area contributed by atoms with Gasteiger partial charge in [0.1, 0.15) is 16.8 Å². The van der Waals surface area contributed by atoms with Crippen molar-refractivity contribution in [1.82, 2.24) is 14.8 Å². The van der Waals surface area contributed by atoms with Gasteiger partial charge in [-0.2, -0.15) is 5.26 Å². The summed E-state index contributed by atoms with van der Waals surface area (Å²) in [6.45, 7) is 3.95. The van der Waals surface area contributed by atoms with Gasteiger partial charge in [-0.3, -0.25) is 4.79 Å². The Kier molecular flexibility index (Phi) is 6.82. The summed E-state index contributed by atoms with van der Waals surface area (Å²) in [4.78, 5) is 13.8. The van der Waals surface area contributed by atoms with Gasteiger partial charge in [0, 0.05) is 11.9 Å². The molecule has 1 amide bonds. The van der Waals surface area contributed by atoms with Gasteiger partial charge in [-0.25, -0.2) is 0 Å². The lowest BCUT2D eigenvalue weighted by molar-refractivity contribution is -0.113. The van der Waals surface area contributed by atoms with E-state index in [1.54, 1.807) is 0 Å². The smallest absolute Gasteiger partial charge is 0.235 e. The minimum absolute atomic E-state index is 0.154. The number of anilines is 1. The number of thioether (sulfide) groups is 1. The van der Waals surface area contributed by atoms with Gasteiger partial charge in [0.15, 0.2) is 17.1 Å². The van der Waals surface area contributed by atoms with Crippen LogP contribution in [0.5, 0.6) is 5.75 Å². The van der Waals surface area contributed by atoms with Crippen LogP contribution in [0.3, 0.4) is 0 Å². The molecule has 1 aliphatic carbocycles. The van der Waals surface area contributed by atoms with Gasteiger partial charge in [-0.1, -0.05) is 29.5 Å². The zero-order valence-electron chi connectivity index (χ0n) is 18.3. The number of rotatable bonds is 7. The van der Waals surface area contributed by atoms with Gasteiger partial charge in [0.05, 0.1) is 11.3 Å². The van der Waals surface area contributed by atoms with E-state index in [0.717, 1.165) is 37.0 Å². The number of ether oxygens (including phenoxy) is 1. The van der Waals surface area contributed by atoms with Crippen LogP contribution in [0.2, 0.25) is 0 Å². The number of nitrogens with one attached hydrogen (secondary N) is 1. The minimum atomic E-state index is -0.283. The number of aryl methyl sites for hydroxylation is 2. The molecule has 9 heteroatoms.